The molecule has 1 aliphatic heterocycles. The number of rotatable bonds is 5. The number of nitrogens with zero attached hydrogens (tertiary/aromatic N) is 1. The molecule has 0 radical (unpaired) electrons. The molecule has 0 unspecified atom stereocenters. The van der Waals surface area contributed by atoms with Gasteiger partial charge in [-0.1, -0.05) is 12.1 Å². The number of piperidine rings is 1. The van der Waals surface area contributed by atoms with Crippen LogP contribution < -0.4 is 15.4 Å². The Hall–Kier alpha value is -3.22. The summed E-state index contributed by atoms with van der Waals surface area (Å²) in [5, 5.41) is 6.31. The van der Waals surface area contributed by atoms with Crippen LogP contribution >= 0.6 is 0 Å². The highest BCUT2D eigenvalue weighted by Gasteiger charge is 2.24. The van der Waals surface area contributed by atoms with Gasteiger partial charge in [0.25, 0.3) is 0 Å². The van der Waals surface area contributed by atoms with Gasteiger partial charge >= 0.3 is 12.0 Å². The zero-order chi connectivity index (χ0) is 19.9. The van der Waals surface area contributed by atoms with E-state index in [9.17, 15) is 9.59 Å². The first-order chi connectivity index (χ1) is 13.6. The summed E-state index contributed by atoms with van der Waals surface area (Å²) in [5.74, 6) is 0.327. The van der Waals surface area contributed by atoms with Gasteiger partial charge in [0.1, 0.15) is 5.75 Å². The van der Waals surface area contributed by atoms with Crippen molar-refractivity contribution in [1.82, 2.24) is 4.90 Å². The summed E-state index contributed by atoms with van der Waals surface area (Å²) in [4.78, 5) is 26.4. The van der Waals surface area contributed by atoms with E-state index in [4.69, 9.17) is 9.47 Å². The number of anilines is 2. The van der Waals surface area contributed by atoms with Crippen molar-refractivity contribution in [2.45, 2.75) is 18.9 Å². The maximum atomic E-state index is 12.7. The summed E-state index contributed by atoms with van der Waals surface area (Å²) in [6.07, 6.45) is 1.88. The fourth-order valence-electron chi connectivity index (χ4n) is 3.28. The fourth-order valence-corrected chi connectivity index (χ4v) is 3.28. The third-order valence-corrected chi connectivity index (χ3v) is 4.74. The average Bonchev–Trinajstić information content (AvgIpc) is 2.74. The minimum Gasteiger partial charge on any atom is -0.497 e. The van der Waals surface area contributed by atoms with Crippen LogP contribution in [0.25, 0.3) is 0 Å². The summed E-state index contributed by atoms with van der Waals surface area (Å²) in [6, 6.07) is 14.5. The van der Waals surface area contributed by atoms with Crippen molar-refractivity contribution in [3.05, 3.63) is 54.1 Å². The van der Waals surface area contributed by atoms with Gasteiger partial charge in [-0.25, -0.2) is 9.59 Å². The lowest BCUT2D eigenvalue weighted by Gasteiger charge is -2.33. The van der Waals surface area contributed by atoms with E-state index in [1.165, 1.54) is 7.11 Å². The number of esters is 1. The van der Waals surface area contributed by atoms with E-state index >= 15 is 0 Å². The topological polar surface area (TPSA) is 79.9 Å². The van der Waals surface area contributed by atoms with Crippen LogP contribution in [0, 0.1) is 0 Å². The number of urea groups is 1. The molecular formula is C21H25N3O4. The minimum absolute atomic E-state index is 0.156. The van der Waals surface area contributed by atoms with Crippen LogP contribution in [0.4, 0.5) is 16.2 Å². The van der Waals surface area contributed by atoms with Crippen LogP contribution in [0.5, 0.6) is 5.75 Å². The van der Waals surface area contributed by atoms with Gasteiger partial charge in [0.2, 0.25) is 0 Å². The Bertz CT molecular complexity index is 823. The summed E-state index contributed by atoms with van der Waals surface area (Å²) in [6.45, 7) is 1.26. The molecule has 1 atom stereocenters. The molecule has 0 spiro atoms. The number of likely N-dealkylation sites (tertiary alicyclic amines) is 1. The number of benzene rings is 2. The molecule has 1 saturated heterocycles. The van der Waals surface area contributed by atoms with Crippen LogP contribution in [0.1, 0.15) is 23.2 Å². The molecule has 7 nitrogen and oxygen atoms in total. The molecule has 2 amide bonds. The van der Waals surface area contributed by atoms with Crippen molar-refractivity contribution in [3.8, 4) is 5.75 Å². The molecule has 2 N–H and O–H groups in total. The van der Waals surface area contributed by atoms with Crippen LogP contribution in [0.2, 0.25) is 0 Å². The van der Waals surface area contributed by atoms with Crippen LogP contribution in [0.15, 0.2) is 48.5 Å². The normalized spacial score (nSPS) is 16.2. The first kappa shape index (κ1) is 19.5. The second-order valence-electron chi connectivity index (χ2n) is 6.63. The molecule has 1 aliphatic rings. The molecule has 0 saturated carbocycles. The predicted octanol–water partition coefficient (Wildman–Crippen LogP) is 3.59. The van der Waals surface area contributed by atoms with Gasteiger partial charge in [0.05, 0.1) is 25.5 Å². The number of para-hydroxylation sites is 1. The smallest absolute Gasteiger partial charge is 0.339 e. The number of ether oxygens (including phenoxy) is 2. The zero-order valence-corrected chi connectivity index (χ0v) is 16.1. The zero-order valence-electron chi connectivity index (χ0n) is 16.1. The number of amides is 2. The largest absolute Gasteiger partial charge is 0.497 e. The van der Waals surface area contributed by atoms with Crippen molar-refractivity contribution in [2.24, 2.45) is 0 Å². The number of carbonyl (C=O) groups is 2. The van der Waals surface area contributed by atoms with Gasteiger partial charge in [0.15, 0.2) is 0 Å². The van der Waals surface area contributed by atoms with Crippen LogP contribution in [-0.2, 0) is 4.74 Å². The van der Waals surface area contributed by atoms with E-state index in [1.54, 1.807) is 36.3 Å². The fraction of sp³-hybridized carbons (Fsp3) is 0.333. The van der Waals surface area contributed by atoms with Crippen molar-refractivity contribution in [1.29, 1.82) is 0 Å². The SMILES string of the molecule is COC(=O)c1ccccc1NC(=O)N1CCC[C@@H](Nc2ccc(OC)cc2)C1. The summed E-state index contributed by atoms with van der Waals surface area (Å²) >= 11 is 0. The van der Waals surface area contributed by atoms with E-state index in [0.29, 0.717) is 24.3 Å². The van der Waals surface area contributed by atoms with Crippen molar-refractivity contribution >= 4 is 23.4 Å². The second kappa shape index (κ2) is 9.12. The lowest BCUT2D eigenvalue weighted by Crippen LogP contribution is -2.46. The van der Waals surface area contributed by atoms with E-state index in [0.717, 1.165) is 24.3 Å². The van der Waals surface area contributed by atoms with E-state index < -0.39 is 5.97 Å². The highest BCUT2D eigenvalue weighted by atomic mass is 16.5. The standard InChI is InChI=1S/C21H25N3O4/c1-27-17-11-9-15(10-12-17)22-16-6-5-13-24(14-16)21(26)23-19-8-4-3-7-18(19)20(25)28-2/h3-4,7-12,16,22H,5-6,13-14H2,1-2H3,(H,23,26)/t16-/m1/s1. The molecule has 1 heterocycles. The molecule has 2 aromatic rings. The van der Waals surface area contributed by atoms with Gasteiger partial charge < -0.3 is 25.0 Å². The molecule has 1 fully saturated rings. The molecule has 0 aromatic heterocycles. The summed E-state index contributed by atoms with van der Waals surface area (Å²) < 4.78 is 9.96. The highest BCUT2D eigenvalue weighted by Crippen LogP contribution is 2.21. The lowest BCUT2D eigenvalue weighted by atomic mass is 10.1. The van der Waals surface area contributed by atoms with Crippen molar-refractivity contribution < 1.29 is 19.1 Å². The van der Waals surface area contributed by atoms with Gasteiger partial charge in [-0.05, 0) is 49.2 Å². The van der Waals surface area contributed by atoms with E-state index in [2.05, 4.69) is 10.6 Å². The minimum atomic E-state index is -0.478. The third-order valence-electron chi connectivity index (χ3n) is 4.74. The highest BCUT2D eigenvalue weighted by molar-refractivity contribution is 6.00. The maximum Gasteiger partial charge on any atom is 0.339 e. The molecule has 0 bridgehead atoms. The molecule has 2 aromatic carbocycles. The van der Waals surface area contributed by atoms with Crippen LogP contribution in [-0.4, -0.2) is 50.3 Å². The Balaban J connectivity index is 1.62. The number of hydrogen-bond donors (Lipinski definition) is 2. The molecule has 0 aliphatic carbocycles. The second-order valence-corrected chi connectivity index (χ2v) is 6.63. The van der Waals surface area contributed by atoms with Gasteiger partial charge in [-0.2, -0.15) is 0 Å². The number of methoxy groups -OCH3 is 2. The molecule has 3 rings (SSSR count). The Morgan fingerprint density at radius 2 is 1.82 bits per heavy atom. The average molecular weight is 383 g/mol. The first-order valence-corrected chi connectivity index (χ1v) is 9.24. The van der Waals surface area contributed by atoms with Crippen molar-refractivity contribution in [3.63, 3.8) is 0 Å². The third kappa shape index (κ3) is 4.73. The molecular weight excluding hydrogens is 358 g/mol. The summed E-state index contributed by atoms with van der Waals surface area (Å²) in [7, 11) is 2.96. The number of carbonyl (C=O) groups excluding carboxylic acids is 2. The number of nitrogens with one attached hydrogen (secondary N) is 2. The summed E-state index contributed by atoms with van der Waals surface area (Å²) in [5.41, 5.74) is 1.77. The molecule has 7 heteroatoms. The first-order valence-electron chi connectivity index (χ1n) is 9.24. The van der Waals surface area contributed by atoms with Gasteiger partial charge in [-0.3, -0.25) is 0 Å². The molecule has 148 valence electrons. The van der Waals surface area contributed by atoms with Crippen molar-refractivity contribution in [2.75, 3.05) is 37.9 Å². The monoisotopic (exact) mass is 383 g/mol. The number of hydrogen-bond acceptors (Lipinski definition) is 5. The van der Waals surface area contributed by atoms with E-state index in [1.807, 2.05) is 24.3 Å². The quantitative estimate of drug-likeness (QED) is 0.772. The Morgan fingerprint density at radius 1 is 1.07 bits per heavy atom. The van der Waals surface area contributed by atoms with E-state index in [-0.39, 0.29) is 12.1 Å². The maximum absolute atomic E-state index is 12.7. The van der Waals surface area contributed by atoms with Gasteiger partial charge in [0, 0.05) is 24.8 Å². The molecule has 28 heavy (non-hydrogen) atoms. The van der Waals surface area contributed by atoms with Crippen LogP contribution in [0.3, 0.4) is 0 Å². The van der Waals surface area contributed by atoms with Gasteiger partial charge in [-0.15, -0.1) is 0 Å². The lowest BCUT2D eigenvalue weighted by molar-refractivity contribution is 0.0602. The Kier molecular flexibility index (Phi) is 6.37. The Morgan fingerprint density at radius 3 is 2.54 bits per heavy atom. The Labute approximate surface area is 164 Å². The predicted molar refractivity (Wildman–Crippen MR) is 108 cm³/mol.